The fraction of sp³-hybridized carbons (Fsp3) is 0.167. The van der Waals surface area contributed by atoms with Crippen LogP contribution in [0.5, 0.6) is 0 Å². The van der Waals surface area contributed by atoms with Crippen molar-refractivity contribution >= 4 is 16.6 Å². The van der Waals surface area contributed by atoms with Gasteiger partial charge in [0, 0.05) is 29.8 Å². The van der Waals surface area contributed by atoms with Crippen molar-refractivity contribution in [2.24, 2.45) is 0 Å². The van der Waals surface area contributed by atoms with E-state index < -0.39 is 0 Å². The molecule has 5 rings (SSSR count). The molecule has 4 heterocycles. The second-order valence-electron chi connectivity index (χ2n) is 6.21. The summed E-state index contributed by atoms with van der Waals surface area (Å²) in [5, 5.41) is 12.0. The topological polar surface area (TPSA) is 107 Å². The number of fused-ring (bicyclic) bond motifs is 2. The lowest BCUT2D eigenvalue weighted by atomic mass is 10.1. The second kappa shape index (κ2) is 5.63. The van der Waals surface area contributed by atoms with E-state index in [-0.39, 0.29) is 5.56 Å². The number of H-pyrrole nitrogens is 1. The second-order valence-corrected chi connectivity index (χ2v) is 6.21. The molecule has 134 valence electrons. The Bertz CT molecular complexity index is 1360. The van der Waals surface area contributed by atoms with Gasteiger partial charge in [0.1, 0.15) is 5.56 Å². The molecule has 0 amide bonds. The SMILES string of the molecule is CCn1ncc2cc(-c3cc(=O)n4[nH]cc(-c5nc(C)no5)c4n3)ccc21. The minimum atomic E-state index is -0.221. The molecule has 0 radical (unpaired) electrons. The molecule has 0 aliphatic carbocycles. The maximum absolute atomic E-state index is 12.5. The van der Waals surface area contributed by atoms with E-state index in [2.05, 4.69) is 25.3 Å². The van der Waals surface area contributed by atoms with E-state index in [0.29, 0.717) is 28.6 Å². The Morgan fingerprint density at radius 1 is 1.22 bits per heavy atom. The molecule has 4 aromatic heterocycles. The van der Waals surface area contributed by atoms with Crippen molar-refractivity contribution in [1.29, 1.82) is 0 Å². The summed E-state index contributed by atoms with van der Waals surface area (Å²) in [7, 11) is 0. The van der Waals surface area contributed by atoms with Gasteiger partial charge in [-0.1, -0.05) is 11.2 Å². The molecule has 0 aliphatic heterocycles. The van der Waals surface area contributed by atoms with Crippen LogP contribution in [0.1, 0.15) is 12.7 Å². The van der Waals surface area contributed by atoms with E-state index in [1.54, 1.807) is 13.1 Å². The number of nitrogens with one attached hydrogen (secondary N) is 1. The predicted molar refractivity (Wildman–Crippen MR) is 98.2 cm³/mol. The number of benzene rings is 1. The van der Waals surface area contributed by atoms with Crippen molar-refractivity contribution < 1.29 is 4.52 Å². The third-order valence-electron chi connectivity index (χ3n) is 4.49. The number of aromatic nitrogens is 7. The van der Waals surface area contributed by atoms with E-state index in [9.17, 15) is 4.79 Å². The first-order valence-electron chi connectivity index (χ1n) is 8.52. The molecule has 5 aromatic rings. The van der Waals surface area contributed by atoms with Crippen molar-refractivity contribution in [3.8, 4) is 22.7 Å². The van der Waals surface area contributed by atoms with Gasteiger partial charge in [-0.3, -0.25) is 14.6 Å². The van der Waals surface area contributed by atoms with Crippen LogP contribution in [0.25, 0.3) is 39.3 Å². The molecule has 0 atom stereocenters. The fourth-order valence-electron chi connectivity index (χ4n) is 3.19. The van der Waals surface area contributed by atoms with Crippen LogP contribution in [0.15, 0.2) is 46.0 Å². The Balaban J connectivity index is 1.70. The lowest BCUT2D eigenvalue weighted by molar-refractivity contribution is 0.426. The lowest BCUT2D eigenvalue weighted by Crippen LogP contribution is -2.14. The molecule has 27 heavy (non-hydrogen) atoms. The van der Waals surface area contributed by atoms with Gasteiger partial charge in [-0.25, -0.2) is 9.50 Å². The van der Waals surface area contributed by atoms with Crippen molar-refractivity contribution in [2.75, 3.05) is 0 Å². The Labute approximate surface area is 152 Å². The minimum absolute atomic E-state index is 0.221. The average molecular weight is 361 g/mol. The Morgan fingerprint density at radius 3 is 2.89 bits per heavy atom. The standard InChI is InChI=1S/C18H15N7O2/c1-3-24-15-5-4-11(6-12(15)8-19-24)14-7-16(26)25-17(22-14)13(9-20-25)18-21-10(2)23-27-18/h4-9,20H,3H2,1-2H3. The van der Waals surface area contributed by atoms with Gasteiger partial charge in [-0.2, -0.15) is 10.1 Å². The van der Waals surface area contributed by atoms with Gasteiger partial charge in [0.15, 0.2) is 11.5 Å². The number of aromatic amines is 1. The van der Waals surface area contributed by atoms with Gasteiger partial charge in [0.05, 0.1) is 17.4 Å². The van der Waals surface area contributed by atoms with Crippen LogP contribution in [0.4, 0.5) is 0 Å². The van der Waals surface area contributed by atoms with E-state index in [1.165, 1.54) is 10.6 Å². The van der Waals surface area contributed by atoms with E-state index in [0.717, 1.165) is 23.0 Å². The van der Waals surface area contributed by atoms with Gasteiger partial charge < -0.3 is 4.52 Å². The smallest absolute Gasteiger partial charge is 0.273 e. The first kappa shape index (κ1) is 15.5. The molecule has 9 heteroatoms. The molecule has 1 aromatic carbocycles. The maximum Gasteiger partial charge on any atom is 0.273 e. The molecule has 0 bridgehead atoms. The van der Waals surface area contributed by atoms with Crippen LogP contribution in [0, 0.1) is 6.92 Å². The Morgan fingerprint density at radius 2 is 2.11 bits per heavy atom. The molecule has 9 nitrogen and oxygen atoms in total. The Hall–Kier alpha value is -3.75. The highest BCUT2D eigenvalue weighted by Gasteiger charge is 2.16. The number of rotatable bonds is 3. The van der Waals surface area contributed by atoms with Crippen LogP contribution in [0.3, 0.4) is 0 Å². The zero-order valence-electron chi connectivity index (χ0n) is 14.7. The zero-order valence-corrected chi connectivity index (χ0v) is 14.7. The summed E-state index contributed by atoms with van der Waals surface area (Å²) in [6.07, 6.45) is 3.45. The molecule has 0 unspecified atom stereocenters. The molecule has 0 spiro atoms. The highest BCUT2D eigenvalue weighted by atomic mass is 16.5. The molecule has 0 fully saturated rings. The highest BCUT2D eigenvalue weighted by molar-refractivity contribution is 5.84. The van der Waals surface area contributed by atoms with Gasteiger partial charge in [0.25, 0.3) is 11.4 Å². The highest BCUT2D eigenvalue weighted by Crippen LogP contribution is 2.25. The number of nitrogens with zero attached hydrogens (tertiary/aromatic N) is 6. The van der Waals surface area contributed by atoms with Crippen LogP contribution in [0.2, 0.25) is 0 Å². The first-order chi connectivity index (χ1) is 13.1. The number of aryl methyl sites for hydroxylation is 2. The fourth-order valence-corrected chi connectivity index (χ4v) is 3.19. The molecular weight excluding hydrogens is 346 g/mol. The monoisotopic (exact) mass is 361 g/mol. The first-order valence-corrected chi connectivity index (χ1v) is 8.52. The minimum Gasteiger partial charge on any atom is -0.334 e. The number of hydrogen-bond donors (Lipinski definition) is 1. The van der Waals surface area contributed by atoms with Crippen molar-refractivity contribution in [3.63, 3.8) is 0 Å². The van der Waals surface area contributed by atoms with Gasteiger partial charge in [-0.15, -0.1) is 0 Å². The van der Waals surface area contributed by atoms with E-state index in [4.69, 9.17) is 4.52 Å². The Kier molecular flexibility index (Phi) is 3.23. The molecule has 0 saturated heterocycles. The third kappa shape index (κ3) is 2.35. The number of hydrogen-bond acceptors (Lipinski definition) is 6. The molecular formula is C18H15N7O2. The van der Waals surface area contributed by atoms with Gasteiger partial charge in [0.2, 0.25) is 0 Å². The van der Waals surface area contributed by atoms with E-state index in [1.807, 2.05) is 36.0 Å². The normalized spacial score (nSPS) is 11.6. The average Bonchev–Trinajstić information content (AvgIpc) is 3.38. The third-order valence-corrected chi connectivity index (χ3v) is 4.49. The summed E-state index contributed by atoms with van der Waals surface area (Å²) in [6.45, 7) is 4.58. The van der Waals surface area contributed by atoms with Crippen molar-refractivity contribution in [3.05, 3.63) is 52.8 Å². The van der Waals surface area contributed by atoms with Gasteiger partial charge in [-0.05, 0) is 26.0 Å². The van der Waals surface area contributed by atoms with Crippen LogP contribution in [-0.4, -0.2) is 34.5 Å². The molecule has 0 saturated carbocycles. The molecule has 1 N–H and O–H groups in total. The van der Waals surface area contributed by atoms with Crippen LogP contribution >= 0.6 is 0 Å². The largest absolute Gasteiger partial charge is 0.334 e. The summed E-state index contributed by atoms with van der Waals surface area (Å²) in [4.78, 5) is 21.4. The van der Waals surface area contributed by atoms with E-state index >= 15 is 0 Å². The van der Waals surface area contributed by atoms with Crippen LogP contribution < -0.4 is 5.56 Å². The lowest BCUT2D eigenvalue weighted by Gasteiger charge is -2.03. The zero-order chi connectivity index (χ0) is 18.5. The van der Waals surface area contributed by atoms with Crippen molar-refractivity contribution in [2.45, 2.75) is 20.4 Å². The van der Waals surface area contributed by atoms with Crippen LogP contribution in [-0.2, 0) is 6.54 Å². The summed E-state index contributed by atoms with van der Waals surface area (Å²) in [5.41, 5.74) is 3.25. The van der Waals surface area contributed by atoms with Gasteiger partial charge >= 0.3 is 0 Å². The van der Waals surface area contributed by atoms with Crippen molar-refractivity contribution in [1.82, 2.24) is 34.5 Å². The summed E-state index contributed by atoms with van der Waals surface area (Å²) in [6, 6.07) is 7.41. The summed E-state index contributed by atoms with van der Waals surface area (Å²) < 4.78 is 8.50. The summed E-state index contributed by atoms with van der Waals surface area (Å²) >= 11 is 0. The summed E-state index contributed by atoms with van der Waals surface area (Å²) in [5.74, 6) is 0.830. The quantitative estimate of drug-likeness (QED) is 0.529. The predicted octanol–water partition coefficient (Wildman–Crippen LogP) is 2.42. The maximum atomic E-state index is 12.5. The molecule has 0 aliphatic rings.